The summed E-state index contributed by atoms with van der Waals surface area (Å²) in [6.45, 7) is 1.70. The Kier molecular flexibility index (Phi) is 5.18. The SMILES string of the molecule is CN1Cc2occc2C(Oc2ccc(Br)c(Br)c2)C1.Cl. The van der Waals surface area contributed by atoms with Crippen molar-refractivity contribution in [3.05, 3.63) is 50.8 Å². The van der Waals surface area contributed by atoms with Crippen LogP contribution in [0.25, 0.3) is 0 Å². The predicted octanol–water partition coefficient (Wildman–Crippen LogP) is 4.79. The van der Waals surface area contributed by atoms with Crippen LogP contribution >= 0.6 is 44.3 Å². The maximum absolute atomic E-state index is 6.09. The van der Waals surface area contributed by atoms with Crippen molar-refractivity contribution in [1.29, 1.82) is 0 Å². The lowest BCUT2D eigenvalue weighted by Gasteiger charge is -2.29. The van der Waals surface area contributed by atoms with E-state index in [1.807, 2.05) is 24.3 Å². The summed E-state index contributed by atoms with van der Waals surface area (Å²) in [5.74, 6) is 1.84. The van der Waals surface area contributed by atoms with Gasteiger partial charge in [0.05, 0.1) is 12.8 Å². The number of hydrogen-bond acceptors (Lipinski definition) is 3. The second-order valence-electron chi connectivity index (χ2n) is 4.68. The number of hydrogen-bond donors (Lipinski definition) is 0. The molecule has 0 radical (unpaired) electrons. The standard InChI is InChI=1S/C14H13Br2NO2.ClH/c1-17-7-13-10(4-5-18-13)14(8-17)19-9-2-3-11(15)12(16)6-9;/h2-6,14H,7-8H2,1H3;1H. The minimum Gasteiger partial charge on any atom is -0.484 e. The van der Waals surface area contributed by atoms with Gasteiger partial charge in [0.1, 0.15) is 17.6 Å². The van der Waals surface area contributed by atoms with Crippen molar-refractivity contribution < 1.29 is 9.15 Å². The van der Waals surface area contributed by atoms with Crippen LogP contribution in [-0.2, 0) is 6.54 Å². The van der Waals surface area contributed by atoms with E-state index < -0.39 is 0 Å². The van der Waals surface area contributed by atoms with Gasteiger partial charge in [0.2, 0.25) is 0 Å². The molecule has 6 heteroatoms. The first-order valence-electron chi connectivity index (χ1n) is 6.00. The van der Waals surface area contributed by atoms with E-state index in [4.69, 9.17) is 9.15 Å². The van der Waals surface area contributed by atoms with Crippen molar-refractivity contribution in [3.8, 4) is 5.75 Å². The number of fused-ring (bicyclic) bond motifs is 1. The summed E-state index contributed by atoms with van der Waals surface area (Å²) in [5.41, 5.74) is 1.15. The van der Waals surface area contributed by atoms with Gasteiger partial charge >= 0.3 is 0 Å². The van der Waals surface area contributed by atoms with Crippen LogP contribution in [-0.4, -0.2) is 18.5 Å². The van der Waals surface area contributed by atoms with Gasteiger partial charge in [0.15, 0.2) is 0 Å². The second kappa shape index (κ2) is 6.52. The molecular formula is C14H14Br2ClNO2. The number of likely N-dealkylation sites (N-methyl/N-ethyl adjacent to an activating group) is 1. The zero-order valence-electron chi connectivity index (χ0n) is 10.8. The number of rotatable bonds is 2. The molecule has 1 aliphatic heterocycles. The molecule has 0 saturated carbocycles. The van der Waals surface area contributed by atoms with Gasteiger partial charge in [-0.15, -0.1) is 12.4 Å². The first-order chi connectivity index (χ1) is 9.13. The van der Waals surface area contributed by atoms with Crippen LogP contribution in [0.4, 0.5) is 0 Å². The van der Waals surface area contributed by atoms with Gasteiger partial charge < -0.3 is 9.15 Å². The molecule has 2 aromatic rings. The van der Waals surface area contributed by atoms with Crippen molar-refractivity contribution in [2.24, 2.45) is 0 Å². The third-order valence-corrected chi connectivity index (χ3v) is 5.07. The van der Waals surface area contributed by atoms with Gasteiger partial charge in [-0.25, -0.2) is 0 Å². The molecule has 1 aromatic carbocycles. The van der Waals surface area contributed by atoms with Crippen LogP contribution in [0.15, 0.2) is 43.9 Å². The summed E-state index contributed by atoms with van der Waals surface area (Å²) in [6, 6.07) is 7.91. The van der Waals surface area contributed by atoms with Crippen molar-refractivity contribution >= 4 is 44.3 Å². The van der Waals surface area contributed by atoms with Gasteiger partial charge in [-0.3, -0.25) is 4.90 Å². The molecule has 0 bridgehead atoms. The number of nitrogens with zero attached hydrogens (tertiary/aromatic N) is 1. The number of halogens is 3. The van der Waals surface area contributed by atoms with Crippen molar-refractivity contribution in [3.63, 3.8) is 0 Å². The molecule has 1 atom stereocenters. The topological polar surface area (TPSA) is 25.6 Å². The minimum absolute atomic E-state index is 0. The highest BCUT2D eigenvalue weighted by atomic mass is 79.9. The van der Waals surface area contributed by atoms with E-state index in [1.165, 1.54) is 0 Å². The van der Waals surface area contributed by atoms with Crippen LogP contribution in [0, 0.1) is 0 Å². The van der Waals surface area contributed by atoms with Crippen LogP contribution in [0.5, 0.6) is 5.75 Å². The maximum Gasteiger partial charge on any atom is 0.140 e. The Morgan fingerprint density at radius 1 is 1.25 bits per heavy atom. The molecule has 0 spiro atoms. The molecule has 0 fully saturated rings. The fourth-order valence-corrected chi connectivity index (χ4v) is 2.88. The van der Waals surface area contributed by atoms with Crippen LogP contribution in [0.1, 0.15) is 17.4 Å². The Bertz CT molecular complexity index is 603. The molecule has 0 amide bonds. The Labute approximate surface area is 140 Å². The number of ether oxygens (including phenoxy) is 1. The Hall–Kier alpha value is -0.490. The maximum atomic E-state index is 6.09. The lowest BCUT2D eigenvalue weighted by atomic mass is 10.1. The van der Waals surface area contributed by atoms with Gasteiger partial charge in [0, 0.05) is 21.1 Å². The summed E-state index contributed by atoms with van der Waals surface area (Å²) in [7, 11) is 2.07. The molecule has 0 aliphatic carbocycles. The lowest BCUT2D eigenvalue weighted by molar-refractivity contribution is 0.120. The summed E-state index contributed by atoms with van der Waals surface area (Å²) < 4.78 is 13.6. The molecule has 1 unspecified atom stereocenters. The van der Waals surface area contributed by atoms with Gasteiger partial charge in [-0.2, -0.15) is 0 Å². The van der Waals surface area contributed by atoms with Crippen molar-refractivity contribution in [1.82, 2.24) is 4.90 Å². The smallest absolute Gasteiger partial charge is 0.140 e. The molecule has 3 rings (SSSR count). The lowest BCUT2D eigenvalue weighted by Crippen LogP contribution is -2.32. The first kappa shape index (κ1) is 15.9. The second-order valence-corrected chi connectivity index (χ2v) is 6.39. The third kappa shape index (κ3) is 3.22. The summed E-state index contributed by atoms with van der Waals surface area (Å²) in [5, 5.41) is 0. The first-order valence-corrected chi connectivity index (χ1v) is 7.58. The van der Waals surface area contributed by atoms with E-state index in [0.29, 0.717) is 0 Å². The molecule has 108 valence electrons. The summed E-state index contributed by atoms with van der Waals surface area (Å²) in [6.07, 6.45) is 1.75. The van der Waals surface area contributed by atoms with Crippen molar-refractivity contribution in [2.75, 3.05) is 13.6 Å². The molecule has 1 aliphatic rings. The summed E-state index contributed by atoms with van der Waals surface area (Å²) >= 11 is 6.95. The largest absolute Gasteiger partial charge is 0.484 e. The summed E-state index contributed by atoms with van der Waals surface area (Å²) in [4.78, 5) is 2.20. The Balaban J connectivity index is 0.00000147. The molecule has 2 heterocycles. The van der Waals surface area contributed by atoms with E-state index in [2.05, 4.69) is 43.8 Å². The predicted molar refractivity (Wildman–Crippen MR) is 87.5 cm³/mol. The van der Waals surface area contributed by atoms with E-state index in [9.17, 15) is 0 Å². The zero-order valence-corrected chi connectivity index (χ0v) is 14.8. The van der Waals surface area contributed by atoms with E-state index >= 15 is 0 Å². The Morgan fingerprint density at radius 2 is 2.05 bits per heavy atom. The number of benzene rings is 1. The quantitative estimate of drug-likeness (QED) is 0.694. The zero-order chi connectivity index (χ0) is 13.4. The molecule has 0 saturated heterocycles. The van der Waals surface area contributed by atoms with Gasteiger partial charge in [0.25, 0.3) is 0 Å². The molecule has 20 heavy (non-hydrogen) atoms. The van der Waals surface area contributed by atoms with E-state index in [0.717, 1.165) is 39.1 Å². The monoisotopic (exact) mass is 421 g/mol. The molecular weight excluding hydrogens is 409 g/mol. The fourth-order valence-electron chi connectivity index (χ4n) is 2.27. The van der Waals surface area contributed by atoms with Gasteiger partial charge in [-0.1, -0.05) is 0 Å². The molecule has 0 N–H and O–H groups in total. The third-order valence-electron chi connectivity index (χ3n) is 3.19. The average molecular weight is 424 g/mol. The van der Waals surface area contributed by atoms with E-state index in [-0.39, 0.29) is 18.5 Å². The van der Waals surface area contributed by atoms with E-state index in [1.54, 1.807) is 6.26 Å². The van der Waals surface area contributed by atoms with Crippen LogP contribution in [0.3, 0.4) is 0 Å². The van der Waals surface area contributed by atoms with Crippen molar-refractivity contribution in [2.45, 2.75) is 12.6 Å². The number of furan rings is 1. The normalized spacial score (nSPS) is 18.2. The highest BCUT2D eigenvalue weighted by Gasteiger charge is 2.27. The highest BCUT2D eigenvalue weighted by Crippen LogP contribution is 2.33. The highest BCUT2D eigenvalue weighted by molar-refractivity contribution is 9.13. The minimum atomic E-state index is 0. The van der Waals surface area contributed by atoms with Crippen LogP contribution in [0.2, 0.25) is 0 Å². The van der Waals surface area contributed by atoms with Gasteiger partial charge in [-0.05, 0) is 63.2 Å². The molecule has 1 aromatic heterocycles. The molecule has 3 nitrogen and oxygen atoms in total. The Morgan fingerprint density at radius 3 is 2.80 bits per heavy atom. The average Bonchev–Trinajstić information content (AvgIpc) is 2.82. The fraction of sp³-hybridized carbons (Fsp3) is 0.286. The van der Waals surface area contributed by atoms with Crippen LogP contribution < -0.4 is 4.74 Å².